The summed E-state index contributed by atoms with van der Waals surface area (Å²) < 4.78 is 4.99. The van der Waals surface area contributed by atoms with Crippen LogP contribution in [0, 0.1) is 5.92 Å². The largest absolute Gasteiger partial charge is 0.469 e. The highest BCUT2D eigenvalue weighted by atomic mass is 16.5. The van der Waals surface area contributed by atoms with Gasteiger partial charge < -0.3 is 4.74 Å². The van der Waals surface area contributed by atoms with Crippen LogP contribution in [0.1, 0.15) is 109 Å². The van der Waals surface area contributed by atoms with E-state index in [-0.39, 0.29) is 11.9 Å². The summed E-state index contributed by atoms with van der Waals surface area (Å²) in [5.41, 5.74) is 0. The molecule has 1 fully saturated rings. The van der Waals surface area contributed by atoms with Crippen LogP contribution in [0.3, 0.4) is 0 Å². The van der Waals surface area contributed by atoms with Crippen LogP contribution >= 0.6 is 0 Å². The van der Waals surface area contributed by atoms with Crippen molar-refractivity contribution in [2.75, 3.05) is 7.11 Å². The Bertz CT molecular complexity index is 244. The van der Waals surface area contributed by atoms with Gasteiger partial charge in [-0.05, 0) is 12.8 Å². The van der Waals surface area contributed by atoms with Crippen molar-refractivity contribution in [3.63, 3.8) is 0 Å². The van der Waals surface area contributed by atoms with Crippen molar-refractivity contribution >= 4 is 5.97 Å². The number of methoxy groups -OCH3 is 1. The first-order valence-corrected chi connectivity index (χ1v) is 9.92. The van der Waals surface area contributed by atoms with Crippen LogP contribution in [0.25, 0.3) is 0 Å². The Morgan fingerprint density at radius 2 is 0.864 bits per heavy atom. The number of hydrogen-bond donors (Lipinski definition) is 0. The molecule has 1 aliphatic rings. The average molecular weight is 311 g/mol. The monoisotopic (exact) mass is 310 g/mol. The van der Waals surface area contributed by atoms with E-state index >= 15 is 0 Å². The van der Waals surface area contributed by atoms with Crippen LogP contribution in [0.2, 0.25) is 0 Å². The standard InChI is InChI=1S/C20H38O2/c1-22-20(21)19-17-15-13-11-9-7-5-3-2-4-6-8-10-12-14-16-18-19/h19H,2-18H2,1H3. The lowest BCUT2D eigenvalue weighted by Crippen LogP contribution is -2.16. The van der Waals surface area contributed by atoms with Gasteiger partial charge in [-0.25, -0.2) is 0 Å². The van der Waals surface area contributed by atoms with Crippen molar-refractivity contribution in [1.29, 1.82) is 0 Å². The highest BCUT2D eigenvalue weighted by Crippen LogP contribution is 2.21. The van der Waals surface area contributed by atoms with E-state index in [2.05, 4.69) is 0 Å². The van der Waals surface area contributed by atoms with Gasteiger partial charge in [-0.2, -0.15) is 0 Å². The Hall–Kier alpha value is -0.530. The zero-order chi connectivity index (χ0) is 15.9. The molecule has 1 saturated carbocycles. The molecule has 1 rings (SSSR count). The Morgan fingerprint density at radius 3 is 1.14 bits per heavy atom. The Labute approximate surface area is 138 Å². The zero-order valence-electron chi connectivity index (χ0n) is 14.9. The fraction of sp³-hybridized carbons (Fsp3) is 0.950. The number of ether oxygens (including phenoxy) is 1. The van der Waals surface area contributed by atoms with Crippen LogP contribution in [-0.2, 0) is 9.53 Å². The summed E-state index contributed by atoms with van der Waals surface area (Å²) in [5.74, 6) is 0.179. The molecule has 0 N–H and O–H groups in total. The molecule has 1 aliphatic carbocycles. The molecule has 2 heteroatoms. The van der Waals surface area contributed by atoms with Gasteiger partial charge in [0.1, 0.15) is 0 Å². The number of rotatable bonds is 1. The lowest BCUT2D eigenvalue weighted by Gasteiger charge is -2.14. The second-order valence-electron chi connectivity index (χ2n) is 7.10. The second kappa shape index (κ2) is 14.1. The van der Waals surface area contributed by atoms with Crippen molar-refractivity contribution in [3.05, 3.63) is 0 Å². The molecule has 0 heterocycles. The number of carbonyl (C=O) groups excluding carboxylic acids is 1. The lowest BCUT2D eigenvalue weighted by molar-refractivity contribution is -0.146. The van der Waals surface area contributed by atoms with Gasteiger partial charge in [-0.3, -0.25) is 4.79 Å². The molecular weight excluding hydrogens is 272 g/mol. The minimum absolute atomic E-state index is 0.0226. The molecule has 0 aliphatic heterocycles. The van der Waals surface area contributed by atoms with E-state index in [4.69, 9.17) is 4.74 Å². The smallest absolute Gasteiger partial charge is 0.308 e. The fourth-order valence-electron chi connectivity index (χ4n) is 3.63. The maximum Gasteiger partial charge on any atom is 0.308 e. The van der Waals surface area contributed by atoms with E-state index in [1.807, 2.05) is 0 Å². The molecule has 2 nitrogen and oxygen atoms in total. The third-order valence-electron chi connectivity index (χ3n) is 5.14. The molecule has 0 bridgehead atoms. The molecule has 0 aromatic rings. The average Bonchev–Trinajstić information content (AvgIpc) is 2.54. The summed E-state index contributed by atoms with van der Waals surface area (Å²) in [6.45, 7) is 0. The summed E-state index contributed by atoms with van der Waals surface area (Å²) in [6, 6.07) is 0. The van der Waals surface area contributed by atoms with Crippen molar-refractivity contribution in [2.24, 2.45) is 5.92 Å². The lowest BCUT2D eigenvalue weighted by atomic mass is 9.94. The first kappa shape index (κ1) is 19.5. The van der Waals surface area contributed by atoms with Crippen molar-refractivity contribution in [1.82, 2.24) is 0 Å². The maximum atomic E-state index is 11.9. The van der Waals surface area contributed by atoms with Crippen LogP contribution in [0.15, 0.2) is 0 Å². The molecule has 0 aromatic heterocycles. The van der Waals surface area contributed by atoms with Crippen molar-refractivity contribution < 1.29 is 9.53 Å². The first-order valence-electron chi connectivity index (χ1n) is 9.92. The summed E-state index contributed by atoms with van der Waals surface area (Å²) >= 11 is 0. The molecule has 130 valence electrons. The van der Waals surface area contributed by atoms with Gasteiger partial charge in [0.15, 0.2) is 0 Å². The quantitative estimate of drug-likeness (QED) is 0.522. The van der Waals surface area contributed by atoms with E-state index in [1.54, 1.807) is 0 Å². The topological polar surface area (TPSA) is 26.3 Å². The first-order chi connectivity index (χ1) is 10.8. The maximum absolute atomic E-state index is 11.9. The van der Waals surface area contributed by atoms with Crippen LogP contribution in [0.5, 0.6) is 0 Å². The number of carbonyl (C=O) groups is 1. The molecule has 0 saturated heterocycles. The highest BCUT2D eigenvalue weighted by Gasteiger charge is 2.18. The summed E-state index contributed by atoms with van der Waals surface area (Å²) in [7, 11) is 1.54. The molecule has 0 aromatic carbocycles. The Morgan fingerprint density at radius 1 is 0.591 bits per heavy atom. The normalized spacial score (nSPS) is 22.4. The van der Waals surface area contributed by atoms with E-state index in [9.17, 15) is 4.79 Å². The molecule has 22 heavy (non-hydrogen) atoms. The highest BCUT2D eigenvalue weighted by molar-refractivity contribution is 5.72. The molecule has 0 unspecified atom stereocenters. The van der Waals surface area contributed by atoms with Gasteiger partial charge in [0.2, 0.25) is 0 Å². The number of esters is 1. The van der Waals surface area contributed by atoms with Gasteiger partial charge in [-0.1, -0.05) is 96.3 Å². The van der Waals surface area contributed by atoms with E-state index in [1.165, 1.54) is 103 Å². The van der Waals surface area contributed by atoms with Gasteiger partial charge in [0, 0.05) is 0 Å². The number of hydrogen-bond acceptors (Lipinski definition) is 2. The fourth-order valence-corrected chi connectivity index (χ4v) is 3.63. The predicted molar refractivity (Wildman–Crippen MR) is 94.0 cm³/mol. The van der Waals surface area contributed by atoms with Crippen LogP contribution in [0.4, 0.5) is 0 Å². The molecule has 0 radical (unpaired) electrons. The predicted octanol–water partition coefficient (Wildman–Crippen LogP) is 6.42. The Kier molecular flexibility index (Phi) is 12.5. The molecule has 0 amide bonds. The van der Waals surface area contributed by atoms with Crippen molar-refractivity contribution in [3.8, 4) is 0 Å². The third kappa shape index (κ3) is 10.2. The van der Waals surface area contributed by atoms with Gasteiger partial charge >= 0.3 is 5.97 Å². The van der Waals surface area contributed by atoms with Gasteiger partial charge in [-0.15, -0.1) is 0 Å². The molecular formula is C20H38O2. The second-order valence-corrected chi connectivity index (χ2v) is 7.10. The summed E-state index contributed by atoms with van der Waals surface area (Å²) in [5, 5.41) is 0. The van der Waals surface area contributed by atoms with Crippen molar-refractivity contribution in [2.45, 2.75) is 109 Å². The van der Waals surface area contributed by atoms with Gasteiger partial charge in [0.05, 0.1) is 13.0 Å². The summed E-state index contributed by atoms with van der Waals surface area (Å²) in [6.07, 6.45) is 22.4. The van der Waals surface area contributed by atoms with Gasteiger partial charge in [0.25, 0.3) is 0 Å². The van der Waals surface area contributed by atoms with Crippen LogP contribution < -0.4 is 0 Å². The minimum atomic E-state index is 0.0226. The third-order valence-corrected chi connectivity index (χ3v) is 5.14. The van der Waals surface area contributed by atoms with E-state index < -0.39 is 0 Å². The Balaban J connectivity index is 2.28. The van der Waals surface area contributed by atoms with E-state index in [0.717, 1.165) is 12.8 Å². The molecule has 0 atom stereocenters. The summed E-state index contributed by atoms with van der Waals surface area (Å²) in [4.78, 5) is 11.9. The zero-order valence-corrected chi connectivity index (χ0v) is 14.9. The molecule has 0 spiro atoms. The van der Waals surface area contributed by atoms with Crippen LogP contribution in [-0.4, -0.2) is 13.1 Å². The minimum Gasteiger partial charge on any atom is -0.469 e. The SMILES string of the molecule is COC(=O)C1CCCCCCCCCCCCCCCCC1. The van der Waals surface area contributed by atoms with E-state index in [0.29, 0.717) is 0 Å².